The SMILES string of the molecule is CCc1ccc(S(=O)(=O)N2CCO[C@@](COc3cccc(Cl)c3)(CC(=O)N3CCCCC3)C2)cc1. The third kappa shape index (κ3) is 6.36. The lowest BCUT2D eigenvalue weighted by molar-refractivity contribution is -0.151. The minimum Gasteiger partial charge on any atom is -0.490 e. The van der Waals surface area contributed by atoms with Crippen molar-refractivity contribution in [3.05, 3.63) is 59.1 Å². The molecule has 0 bridgehead atoms. The van der Waals surface area contributed by atoms with Gasteiger partial charge in [-0.3, -0.25) is 4.79 Å². The Morgan fingerprint density at radius 3 is 2.51 bits per heavy atom. The van der Waals surface area contributed by atoms with E-state index >= 15 is 0 Å². The molecule has 0 saturated carbocycles. The highest BCUT2D eigenvalue weighted by Crippen LogP contribution is 2.30. The predicted octanol–water partition coefficient (Wildman–Crippen LogP) is 4.14. The van der Waals surface area contributed by atoms with Gasteiger partial charge in [0.25, 0.3) is 0 Å². The summed E-state index contributed by atoms with van der Waals surface area (Å²) in [6, 6.07) is 14.0. The molecule has 2 saturated heterocycles. The zero-order chi connectivity index (χ0) is 24.9. The van der Waals surface area contributed by atoms with Crippen molar-refractivity contribution in [2.24, 2.45) is 0 Å². The summed E-state index contributed by atoms with van der Waals surface area (Å²) in [5, 5.41) is 0.533. The van der Waals surface area contributed by atoms with Crippen LogP contribution in [0.1, 0.15) is 38.2 Å². The number of morpholine rings is 1. The first kappa shape index (κ1) is 25.9. The number of rotatable bonds is 8. The number of piperidine rings is 1. The molecule has 2 aromatic carbocycles. The quantitative estimate of drug-likeness (QED) is 0.523. The molecule has 9 heteroatoms. The Balaban J connectivity index is 1.57. The fourth-order valence-corrected chi connectivity index (χ4v) is 6.29. The summed E-state index contributed by atoms with van der Waals surface area (Å²) in [5.41, 5.74) is -0.0340. The van der Waals surface area contributed by atoms with Crippen molar-refractivity contribution in [1.29, 1.82) is 0 Å². The van der Waals surface area contributed by atoms with Crippen LogP contribution in [0.3, 0.4) is 0 Å². The van der Waals surface area contributed by atoms with Crippen molar-refractivity contribution < 1.29 is 22.7 Å². The summed E-state index contributed by atoms with van der Waals surface area (Å²) in [5.74, 6) is 0.506. The van der Waals surface area contributed by atoms with Gasteiger partial charge < -0.3 is 14.4 Å². The standard InChI is InChI=1S/C26H33ClN2O5S/c1-2-21-9-11-24(12-10-21)35(31,32)29-15-16-34-26(19-29,18-25(30)28-13-4-3-5-14-28)20-33-23-8-6-7-22(27)17-23/h6-12,17H,2-5,13-16,18-20H2,1H3/t26-/m0/s1. The van der Waals surface area contributed by atoms with Crippen LogP contribution in [0.2, 0.25) is 5.02 Å². The molecule has 2 aromatic rings. The molecule has 2 aliphatic heterocycles. The van der Waals surface area contributed by atoms with Crippen molar-refractivity contribution in [2.45, 2.75) is 49.5 Å². The van der Waals surface area contributed by atoms with Gasteiger partial charge in [0.05, 0.1) is 17.9 Å². The largest absolute Gasteiger partial charge is 0.490 e. The average molecular weight is 521 g/mol. The van der Waals surface area contributed by atoms with Crippen LogP contribution in [0, 0.1) is 0 Å². The van der Waals surface area contributed by atoms with Crippen LogP contribution in [-0.2, 0) is 26.0 Å². The van der Waals surface area contributed by atoms with E-state index in [9.17, 15) is 13.2 Å². The van der Waals surface area contributed by atoms with Gasteiger partial charge in [-0.15, -0.1) is 0 Å². The molecular formula is C26H33ClN2O5S. The van der Waals surface area contributed by atoms with Gasteiger partial charge in [-0.25, -0.2) is 8.42 Å². The van der Waals surface area contributed by atoms with Crippen molar-refractivity contribution in [2.75, 3.05) is 39.4 Å². The third-order valence-corrected chi connectivity index (χ3v) is 8.76. The predicted molar refractivity (Wildman–Crippen MR) is 135 cm³/mol. The first-order chi connectivity index (χ1) is 16.8. The second-order valence-electron chi connectivity index (χ2n) is 9.23. The Hall–Kier alpha value is -2.13. The second kappa shape index (κ2) is 11.3. The third-order valence-electron chi connectivity index (χ3n) is 6.66. The molecule has 190 valence electrons. The normalized spacial score (nSPS) is 21.6. The van der Waals surface area contributed by atoms with Crippen LogP contribution in [0.25, 0.3) is 0 Å². The van der Waals surface area contributed by atoms with E-state index in [2.05, 4.69) is 0 Å². The van der Waals surface area contributed by atoms with Gasteiger partial charge in [-0.05, 0) is 61.6 Å². The highest BCUT2D eigenvalue weighted by atomic mass is 35.5. The molecule has 0 N–H and O–H groups in total. The van der Waals surface area contributed by atoms with Crippen molar-refractivity contribution >= 4 is 27.5 Å². The molecule has 1 atom stereocenters. The smallest absolute Gasteiger partial charge is 0.243 e. The zero-order valence-electron chi connectivity index (χ0n) is 20.1. The Morgan fingerprint density at radius 2 is 1.83 bits per heavy atom. The van der Waals surface area contributed by atoms with Crippen LogP contribution in [0.5, 0.6) is 5.75 Å². The van der Waals surface area contributed by atoms with E-state index in [1.165, 1.54) is 4.31 Å². The van der Waals surface area contributed by atoms with E-state index in [1.54, 1.807) is 36.4 Å². The van der Waals surface area contributed by atoms with Crippen molar-refractivity contribution in [3.8, 4) is 5.75 Å². The van der Waals surface area contributed by atoms with Gasteiger partial charge in [-0.2, -0.15) is 4.31 Å². The van der Waals surface area contributed by atoms with Crippen molar-refractivity contribution in [3.63, 3.8) is 0 Å². The lowest BCUT2D eigenvalue weighted by atomic mass is 9.97. The lowest BCUT2D eigenvalue weighted by Gasteiger charge is -2.42. The minimum absolute atomic E-state index is 0.0327. The summed E-state index contributed by atoms with van der Waals surface area (Å²) < 4.78 is 40.6. The number of ether oxygens (including phenoxy) is 2. The number of likely N-dealkylation sites (tertiary alicyclic amines) is 1. The molecule has 35 heavy (non-hydrogen) atoms. The molecule has 0 aromatic heterocycles. The average Bonchev–Trinajstić information content (AvgIpc) is 2.88. The summed E-state index contributed by atoms with van der Waals surface area (Å²) in [7, 11) is -3.76. The van der Waals surface area contributed by atoms with Crippen LogP contribution >= 0.6 is 11.6 Å². The molecule has 0 spiro atoms. The number of halogens is 1. The summed E-state index contributed by atoms with van der Waals surface area (Å²) in [4.78, 5) is 15.3. The number of hydrogen-bond acceptors (Lipinski definition) is 5. The number of amides is 1. The molecular weight excluding hydrogens is 488 g/mol. The monoisotopic (exact) mass is 520 g/mol. The summed E-state index contributed by atoms with van der Waals surface area (Å²) >= 11 is 6.10. The molecule has 2 aliphatic rings. The number of aryl methyl sites for hydroxylation is 1. The van der Waals surface area contributed by atoms with E-state index in [1.807, 2.05) is 24.0 Å². The molecule has 2 heterocycles. The van der Waals surface area contributed by atoms with E-state index in [-0.39, 0.29) is 43.5 Å². The number of hydrogen-bond donors (Lipinski definition) is 0. The summed E-state index contributed by atoms with van der Waals surface area (Å²) in [6.45, 7) is 3.93. The van der Waals surface area contributed by atoms with Gasteiger partial charge in [0.15, 0.2) is 0 Å². The van der Waals surface area contributed by atoms with Crippen LogP contribution < -0.4 is 4.74 Å². The van der Waals surface area contributed by atoms with Gasteiger partial charge >= 0.3 is 0 Å². The van der Waals surface area contributed by atoms with Gasteiger partial charge in [0, 0.05) is 31.2 Å². The van der Waals surface area contributed by atoms with E-state index in [0.717, 1.165) is 44.3 Å². The lowest BCUT2D eigenvalue weighted by Crippen LogP contribution is -2.58. The maximum absolute atomic E-state index is 13.5. The molecule has 1 amide bonds. The van der Waals surface area contributed by atoms with Crippen molar-refractivity contribution in [1.82, 2.24) is 9.21 Å². The molecule has 0 aliphatic carbocycles. The topological polar surface area (TPSA) is 76.1 Å². The molecule has 4 rings (SSSR count). The Labute approximate surface area is 213 Å². The highest BCUT2D eigenvalue weighted by Gasteiger charge is 2.44. The number of carbonyl (C=O) groups is 1. The number of carbonyl (C=O) groups excluding carboxylic acids is 1. The minimum atomic E-state index is -3.76. The van der Waals surface area contributed by atoms with Crippen LogP contribution in [0.15, 0.2) is 53.4 Å². The number of benzene rings is 2. The van der Waals surface area contributed by atoms with Gasteiger partial charge in [0.1, 0.15) is 18.0 Å². The fourth-order valence-electron chi connectivity index (χ4n) is 4.61. The molecule has 2 fully saturated rings. The number of sulfonamides is 1. The Morgan fingerprint density at radius 1 is 1.09 bits per heavy atom. The fraction of sp³-hybridized carbons (Fsp3) is 0.500. The first-order valence-electron chi connectivity index (χ1n) is 12.2. The van der Waals surface area contributed by atoms with Gasteiger partial charge in [-0.1, -0.05) is 36.7 Å². The number of nitrogens with zero attached hydrogens (tertiary/aromatic N) is 2. The molecule has 0 unspecified atom stereocenters. The first-order valence-corrected chi connectivity index (χ1v) is 14.0. The maximum Gasteiger partial charge on any atom is 0.243 e. The van der Waals surface area contributed by atoms with Crippen LogP contribution in [-0.4, -0.2) is 68.5 Å². The Kier molecular flexibility index (Phi) is 8.37. The van der Waals surface area contributed by atoms with Crippen LogP contribution in [0.4, 0.5) is 0 Å². The van der Waals surface area contributed by atoms with E-state index < -0.39 is 15.6 Å². The second-order valence-corrected chi connectivity index (χ2v) is 11.6. The van der Waals surface area contributed by atoms with E-state index in [4.69, 9.17) is 21.1 Å². The van der Waals surface area contributed by atoms with E-state index in [0.29, 0.717) is 10.8 Å². The zero-order valence-corrected chi connectivity index (χ0v) is 21.7. The summed E-state index contributed by atoms with van der Waals surface area (Å²) in [6.07, 6.45) is 3.96. The van der Waals surface area contributed by atoms with Gasteiger partial charge in [0.2, 0.25) is 15.9 Å². The molecule has 7 nitrogen and oxygen atoms in total. The Bertz CT molecular complexity index is 1120. The highest BCUT2D eigenvalue weighted by molar-refractivity contribution is 7.89. The molecule has 0 radical (unpaired) electrons. The maximum atomic E-state index is 13.5.